The Bertz CT molecular complexity index is 663. The Morgan fingerprint density at radius 2 is 1.72 bits per heavy atom. The lowest BCUT2D eigenvalue weighted by atomic mass is 10.0. The summed E-state index contributed by atoms with van der Waals surface area (Å²) >= 11 is 0. The van der Waals surface area contributed by atoms with E-state index in [9.17, 15) is 0 Å². The van der Waals surface area contributed by atoms with Gasteiger partial charge in [0.15, 0.2) is 0 Å². The van der Waals surface area contributed by atoms with Crippen LogP contribution >= 0.6 is 0 Å². The van der Waals surface area contributed by atoms with Crippen LogP contribution in [0.5, 0.6) is 5.75 Å². The van der Waals surface area contributed by atoms with Crippen molar-refractivity contribution in [3.05, 3.63) is 65.2 Å². The van der Waals surface area contributed by atoms with Crippen molar-refractivity contribution in [2.45, 2.75) is 26.4 Å². The summed E-state index contributed by atoms with van der Waals surface area (Å²) in [5.74, 6) is 1.02. The zero-order valence-corrected chi connectivity index (χ0v) is 15.7. The second-order valence-corrected chi connectivity index (χ2v) is 7.31. The average Bonchev–Trinajstić information content (AvgIpc) is 2.60. The van der Waals surface area contributed by atoms with Crippen LogP contribution in [0.3, 0.4) is 0 Å². The Kier molecular flexibility index (Phi) is 6.11. The lowest BCUT2D eigenvalue weighted by Crippen LogP contribution is -2.47. The minimum absolute atomic E-state index is 0.195. The molecule has 0 aromatic heterocycles. The number of nitrogens with zero attached hydrogens (tertiary/aromatic N) is 2. The highest BCUT2D eigenvalue weighted by Crippen LogP contribution is 2.24. The summed E-state index contributed by atoms with van der Waals surface area (Å²) in [6, 6.07) is 17.2. The molecule has 2 aromatic rings. The van der Waals surface area contributed by atoms with Crippen molar-refractivity contribution < 1.29 is 4.74 Å². The smallest absolute Gasteiger partial charge is 0.123 e. The van der Waals surface area contributed by atoms with Crippen LogP contribution in [-0.2, 0) is 6.42 Å². The number of benzene rings is 2. The predicted octanol–water partition coefficient (Wildman–Crippen LogP) is 3.60. The molecule has 0 spiro atoms. The monoisotopic (exact) mass is 338 g/mol. The summed E-state index contributed by atoms with van der Waals surface area (Å²) in [6.45, 7) is 9.89. The van der Waals surface area contributed by atoms with E-state index in [0.717, 1.165) is 44.9 Å². The van der Waals surface area contributed by atoms with E-state index in [1.165, 1.54) is 16.7 Å². The van der Waals surface area contributed by atoms with Gasteiger partial charge in [-0.1, -0.05) is 48.0 Å². The van der Waals surface area contributed by atoms with Gasteiger partial charge >= 0.3 is 0 Å². The number of piperazine rings is 1. The van der Waals surface area contributed by atoms with E-state index in [4.69, 9.17) is 4.74 Å². The molecule has 1 unspecified atom stereocenters. The average molecular weight is 338 g/mol. The molecule has 0 radical (unpaired) electrons. The fraction of sp³-hybridized carbons (Fsp3) is 0.455. The lowest BCUT2D eigenvalue weighted by molar-refractivity contribution is 0.101. The van der Waals surface area contributed by atoms with Crippen LogP contribution in [-0.4, -0.2) is 55.7 Å². The summed E-state index contributed by atoms with van der Waals surface area (Å²) < 4.78 is 6.35. The van der Waals surface area contributed by atoms with E-state index in [1.54, 1.807) is 0 Å². The van der Waals surface area contributed by atoms with Crippen LogP contribution in [0.25, 0.3) is 0 Å². The molecule has 0 amide bonds. The van der Waals surface area contributed by atoms with Gasteiger partial charge in [-0.15, -0.1) is 0 Å². The molecule has 1 aliphatic heterocycles. The normalized spacial score (nSPS) is 17.4. The Morgan fingerprint density at radius 3 is 2.44 bits per heavy atom. The van der Waals surface area contributed by atoms with Crippen molar-refractivity contribution in [1.29, 1.82) is 0 Å². The molecule has 2 aromatic carbocycles. The fourth-order valence-electron chi connectivity index (χ4n) is 3.43. The van der Waals surface area contributed by atoms with E-state index >= 15 is 0 Å². The molecule has 0 saturated carbocycles. The molecular weight excluding hydrogens is 308 g/mol. The largest absolute Gasteiger partial charge is 0.489 e. The van der Waals surface area contributed by atoms with Gasteiger partial charge < -0.3 is 9.64 Å². The van der Waals surface area contributed by atoms with Gasteiger partial charge in [-0.05, 0) is 38.1 Å². The maximum Gasteiger partial charge on any atom is 0.123 e. The number of ether oxygens (including phenoxy) is 1. The highest BCUT2D eigenvalue weighted by molar-refractivity contribution is 5.40. The Balaban J connectivity index is 1.65. The second kappa shape index (κ2) is 8.50. The first kappa shape index (κ1) is 18.0. The third-order valence-electron chi connectivity index (χ3n) is 4.89. The van der Waals surface area contributed by atoms with Crippen LogP contribution in [0.1, 0.15) is 23.6 Å². The molecule has 1 aliphatic rings. The second-order valence-electron chi connectivity index (χ2n) is 7.31. The molecule has 0 N–H and O–H groups in total. The first-order valence-corrected chi connectivity index (χ1v) is 9.31. The van der Waals surface area contributed by atoms with Crippen LogP contribution in [0.2, 0.25) is 0 Å². The van der Waals surface area contributed by atoms with Gasteiger partial charge in [-0.2, -0.15) is 0 Å². The Morgan fingerprint density at radius 1 is 1.00 bits per heavy atom. The zero-order valence-electron chi connectivity index (χ0n) is 15.7. The fourth-order valence-corrected chi connectivity index (χ4v) is 3.43. The molecule has 1 atom stereocenters. The number of hydrogen-bond donors (Lipinski definition) is 0. The van der Waals surface area contributed by atoms with Crippen molar-refractivity contribution in [2.75, 3.05) is 39.8 Å². The molecular formula is C22H30N2O. The molecule has 3 rings (SSSR count). The molecule has 1 saturated heterocycles. The summed E-state index contributed by atoms with van der Waals surface area (Å²) in [5, 5.41) is 0. The van der Waals surface area contributed by atoms with Crippen LogP contribution < -0.4 is 4.74 Å². The Labute approximate surface area is 152 Å². The standard InChI is InChI=1S/C22H30N2O/c1-18-9-10-22(21(15-18)16-20-7-5-4-6-8-20)25-19(2)17-24-13-11-23(3)12-14-24/h4-10,15,19H,11-14,16-17H2,1-3H3. The third kappa shape index (κ3) is 5.32. The van der Waals surface area contributed by atoms with E-state index in [2.05, 4.69) is 79.2 Å². The van der Waals surface area contributed by atoms with Gasteiger partial charge in [-0.3, -0.25) is 4.90 Å². The maximum absolute atomic E-state index is 6.35. The molecule has 1 heterocycles. The molecule has 134 valence electrons. The van der Waals surface area contributed by atoms with Crippen molar-refractivity contribution >= 4 is 0 Å². The van der Waals surface area contributed by atoms with Crippen molar-refractivity contribution in [2.24, 2.45) is 0 Å². The molecule has 25 heavy (non-hydrogen) atoms. The SMILES string of the molecule is Cc1ccc(OC(C)CN2CCN(C)CC2)c(Cc2ccccc2)c1. The van der Waals surface area contributed by atoms with Gasteiger partial charge in [0.05, 0.1) is 0 Å². The van der Waals surface area contributed by atoms with E-state index in [1.807, 2.05) is 0 Å². The van der Waals surface area contributed by atoms with E-state index in [-0.39, 0.29) is 6.10 Å². The summed E-state index contributed by atoms with van der Waals surface area (Å²) in [4.78, 5) is 4.90. The van der Waals surface area contributed by atoms with Crippen LogP contribution in [0.4, 0.5) is 0 Å². The minimum atomic E-state index is 0.195. The third-order valence-corrected chi connectivity index (χ3v) is 4.89. The van der Waals surface area contributed by atoms with Gasteiger partial charge in [0.2, 0.25) is 0 Å². The van der Waals surface area contributed by atoms with E-state index in [0.29, 0.717) is 0 Å². The van der Waals surface area contributed by atoms with E-state index < -0.39 is 0 Å². The molecule has 0 aliphatic carbocycles. The Hall–Kier alpha value is -1.84. The number of rotatable bonds is 6. The van der Waals surface area contributed by atoms with Crippen LogP contribution in [0.15, 0.2) is 48.5 Å². The van der Waals surface area contributed by atoms with Gasteiger partial charge in [0.25, 0.3) is 0 Å². The quantitative estimate of drug-likeness (QED) is 0.800. The topological polar surface area (TPSA) is 15.7 Å². The summed E-state index contributed by atoms with van der Waals surface area (Å²) in [7, 11) is 2.19. The lowest BCUT2D eigenvalue weighted by Gasteiger charge is -2.34. The van der Waals surface area contributed by atoms with Crippen molar-refractivity contribution in [1.82, 2.24) is 9.80 Å². The molecule has 3 heteroatoms. The van der Waals surface area contributed by atoms with Gasteiger partial charge in [0, 0.05) is 39.1 Å². The van der Waals surface area contributed by atoms with Gasteiger partial charge in [-0.25, -0.2) is 0 Å². The molecule has 1 fully saturated rings. The summed E-state index contributed by atoms with van der Waals surface area (Å²) in [5.41, 5.74) is 3.88. The minimum Gasteiger partial charge on any atom is -0.489 e. The molecule has 0 bridgehead atoms. The van der Waals surface area contributed by atoms with Crippen LogP contribution in [0, 0.1) is 6.92 Å². The number of likely N-dealkylation sites (N-methyl/N-ethyl adjacent to an activating group) is 1. The number of hydrogen-bond acceptors (Lipinski definition) is 3. The van der Waals surface area contributed by atoms with Crippen molar-refractivity contribution in [3.8, 4) is 5.75 Å². The summed E-state index contributed by atoms with van der Waals surface area (Å²) in [6.07, 6.45) is 1.11. The maximum atomic E-state index is 6.35. The highest BCUT2D eigenvalue weighted by Gasteiger charge is 2.17. The van der Waals surface area contributed by atoms with Gasteiger partial charge in [0.1, 0.15) is 11.9 Å². The first-order chi connectivity index (χ1) is 12.1. The van der Waals surface area contributed by atoms with Crippen molar-refractivity contribution in [3.63, 3.8) is 0 Å². The first-order valence-electron chi connectivity index (χ1n) is 9.31. The highest BCUT2D eigenvalue weighted by atomic mass is 16.5. The zero-order chi connectivity index (χ0) is 17.6. The molecule has 3 nitrogen and oxygen atoms in total. The predicted molar refractivity (Wildman–Crippen MR) is 104 cm³/mol. The number of aryl methyl sites for hydroxylation is 1.